The lowest BCUT2D eigenvalue weighted by molar-refractivity contribution is 0.102. The molecule has 2 aromatic carbocycles. The monoisotopic (exact) mass is 396 g/mol. The molecule has 0 aliphatic carbocycles. The number of rotatable bonds is 3. The molecule has 7 heteroatoms. The first-order valence-corrected chi connectivity index (χ1v) is 9.11. The minimum atomic E-state index is -0.448. The highest BCUT2D eigenvalue weighted by Crippen LogP contribution is 2.30. The van der Waals surface area contributed by atoms with Crippen molar-refractivity contribution >= 4 is 60.8 Å². The summed E-state index contributed by atoms with van der Waals surface area (Å²) < 4.78 is 15.8. The third-order valence-electron chi connectivity index (χ3n) is 2.97. The maximum atomic E-state index is 13.3. The maximum Gasteiger partial charge on any atom is 0.256 e. The molecule has 0 radical (unpaired) electrons. The zero-order valence-electron chi connectivity index (χ0n) is 11.4. The first-order chi connectivity index (χ1) is 10.6. The van der Waals surface area contributed by atoms with E-state index in [1.54, 1.807) is 29.2 Å². The molecular formula is C15H10BrFN2OS2. The van der Waals surface area contributed by atoms with Gasteiger partial charge in [-0.25, -0.2) is 9.37 Å². The number of thioether (sulfide) groups is 1. The highest BCUT2D eigenvalue weighted by atomic mass is 79.9. The summed E-state index contributed by atoms with van der Waals surface area (Å²) in [6, 6.07) is 9.54. The van der Waals surface area contributed by atoms with Gasteiger partial charge in [-0.15, -0.1) is 11.3 Å². The van der Waals surface area contributed by atoms with Crippen molar-refractivity contribution in [1.82, 2.24) is 4.98 Å². The number of nitrogens with zero attached hydrogens (tertiary/aromatic N) is 1. The van der Waals surface area contributed by atoms with Crippen LogP contribution in [0.2, 0.25) is 0 Å². The van der Waals surface area contributed by atoms with E-state index in [4.69, 9.17) is 0 Å². The predicted molar refractivity (Wildman–Crippen MR) is 93.5 cm³/mol. The lowest BCUT2D eigenvalue weighted by atomic mass is 10.2. The molecule has 3 rings (SSSR count). The van der Waals surface area contributed by atoms with Gasteiger partial charge in [0, 0.05) is 10.2 Å². The van der Waals surface area contributed by atoms with Crippen LogP contribution in [0.15, 0.2) is 45.2 Å². The zero-order valence-corrected chi connectivity index (χ0v) is 14.6. The van der Waals surface area contributed by atoms with E-state index in [1.165, 1.54) is 18.2 Å². The summed E-state index contributed by atoms with van der Waals surface area (Å²) in [6.45, 7) is 0. The number of halogens is 2. The average Bonchev–Trinajstić information content (AvgIpc) is 2.92. The Morgan fingerprint density at radius 1 is 1.32 bits per heavy atom. The fourth-order valence-electron chi connectivity index (χ4n) is 1.94. The van der Waals surface area contributed by atoms with E-state index in [-0.39, 0.29) is 11.5 Å². The number of nitrogens with one attached hydrogen (secondary N) is 1. The van der Waals surface area contributed by atoms with Crippen LogP contribution in [0.3, 0.4) is 0 Å². The lowest BCUT2D eigenvalue weighted by Crippen LogP contribution is -2.12. The molecule has 1 aromatic heterocycles. The van der Waals surface area contributed by atoms with Crippen molar-refractivity contribution in [3.63, 3.8) is 0 Å². The fourth-order valence-corrected chi connectivity index (χ4v) is 3.89. The molecule has 0 aliphatic rings. The normalized spacial score (nSPS) is 10.9. The van der Waals surface area contributed by atoms with E-state index in [1.807, 2.05) is 18.4 Å². The Hall–Kier alpha value is -1.44. The van der Waals surface area contributed by atoms with Crippen LogP contribution in [0.1, 0.15) is 10.4 Å². The molecule has 1 N–H and O–H groups in total. The number of thiazole rings is 1. The van der Waals surface area contributed by atoms with E-state index >= 15 is 0 Å². The van der Waals surface area contributed by atoms with Crippen molar-refractivity contribution in [3.8, 4) is 0 Å². The summed E-state index contributed by atoms with van der Waals surface area (Å²) in [6.07, 6.45) is 1.97. The van der Waals surface area contributed by atoms with Gasteiger partial charge in [-0.2, -0.15) is 0 Å². The summed E-state index contributed by atoms with van der Waals surface area (Å²) in [7, 11) is 0. The number of benzene rings is 2. The molecule has 0 unspecified atom stereocenters. The number of hydrogen-bond donors (Lipinski definition) is 1. The molecule has 0 fully saturated rings. The maximum absolute atomic E-state index is 13.3. The summed E-state index contributed by atoms with van der Waals surface area (Å²) in [5, 5.41) is 2.78. The first kappa shape index (κ1) is 15.5. The standard InChI is InChI=1S/C15H10BrFN2OS2/c1-21-15-19-12-5-3-9(7-13(12)22-15)18-14(20)10-6-8(17)2-4-11(10)16/h2-7H,1H3,(H,18,20). The zero-order chi connectivity index (χ0) is 15.7. The molecule has 0 bridgehead atoms. The van der Waals surface area contributed by atoms with Crippen LogP contribution in [0.25, 0.3) is 10.2 Å². The highest BCUT2D eigenvalue weighted by Gasteiger charge is 2.12. The van der Waals surface area contributed by atoms with Gasteiger partial charge in [0.2, 0.25) is 0 Å². The van der Waals surface area contributed by atoms with Crippen LogP contribution in [0.5, 0.6) is 0 Å². The summed E-state index contributed by atoms with van der Waals surface area (Å²) in [5.74, 6) is -0.809. The van der Waals surface area contributed by atoms with E-state index in [0.717, 1.165) is 14.6 Å². The van der Waals surface area contributed by atoms with Gasteiger partial charge in [-0.05, 0) is 58.6 Å². The Balaban J connectivity index is 1.88. The molecule has 0 aliphatic heterocycles. The second kappa shape index (κ2) is 6.36. The van der Waals surface area contributed by atoms with Crippen LogP contribution in [-0.4, -0.2) is 17.1 Å². The van der Waals surface area contributed by atoms with Crippen molar-refractivity contribution in [3.05, 3.63) is 52.3 Å². The Labute approximate surface area is 143 Å². The molecule has 0 saturated carbocycles. The number of carbonyl (C=O) groups excluding carboxylic acids is 1. The Morgan fingerprint density at radius 3 is 2.91 bits per heavy atom. The molecule has 0 spiro atoms. The molecule has 22 heavy (non-hydrogen) atoms. The van der Waals surface area contributed by atoms with Crippen LogP contribution >= 0.6 is 39.0 Å². The summed E-state index contributed by atoms with van der Waals surface area (Å²) in [5.41, 5.74) is 1.82. The summed E-state index contributed by atoms with van der Waals surface area (Å²) in [4.78, 5) is 16.7. The smallest absolute Gasteiger partial charge is 0.256 e. The van der Waals surface area contributed by atoms with E-state index in [2.05, 4.69) is 26.2 Å². The Kier molecular flexibility index (Phi) is 4.46. The lowest BCUT2D eigenvalue weighted by Gasteiger charge is -2.07. The average molecular weight is 397 g/mol. The fraction of sp³-hybridized carbons (Fsp3) is 0.0667. The number of fused-ring (bicyclic) bond motifs is 1. The molecule has 0 atom stereocenters. The van der Waals surface area contributed by atoms with Crippen LogP contribution < -0.4 is 5.32 Å². The van der Waals surface area contributed by atoms with Gasteiger partial charge >= 0.3 is 0 Å². The van der Waals surface area contributed by atoms with E-state index < -0.39 is 5.82 Å². The largest absolute Gasteiger partial charge is 0.322 e. The minimum absolute atomic E-state index is 0.259. The topological polar surface area (TPSA) is 42.0 Å². The predicted octanol–water partition coefficient (Wildman–Crippen LogP) is 5.17. The van der Waals surface area contributed by atoms with Gasteiger partial charge in [0.15, 0.2) is 4.34 Å². The summed E-state index contributed by atoms with van der Waals surface area (Å²) >= 11 is 6.42. The van der Waals surface area contributed by atoms with Crippen molar-refractivity contribution in [1.29, 1.82) is 0 Å². The number of anilines is 1. The Morgan fingerprint density at radius 2 is 2.14 bits per heavy atom. The van der Waals surface area contributed by atoms with E-state index in [0.29, 0.717) is 10.2 Å². The van der Waals surface area contributed by atoms with Gasteiger partial charge in [-0.1, -0.05) is 11.8 Å². The molecule has 0 saturated heterocycles. The molecule has 3 nitrogen and oxygen atoms in total. The third kappa shape index (κ3) is 3.16. The van der Waals surface area contributed by atoms with Crippen molar-refractivity contribution < 1.29 is 9.18 Å². The van der Waals surface area contributed by atoms with Gasteiger partial charge < -0.3 is 5.32 Å². The van der Waals surface area contributed by atoms with Gasteiger partial charge in [0.05, 0.1) is 15.8 Å². The van der Waals surface area contributed by atoms with Crippen molar-refractivity contribution in [2.45, 2.75) is 4.34 Å². The number of carbonyl (C=O) groups is 1. The van der Waals surface area contributed by atoms with Crippen LogP contribution in [-0.2, 0) is 0 Å². The minimum Gasteiger partial charge on any atom is -0.322 e. The number of amides is 1. The third-order valence-corrected chi connectivity index (χ3v) is 5.67. The molecule has 112 valence electrons. The SMILES string of the molecule is CSc1nc2ccc(NC(=O)c3cc(F)ccc3Br)cc2s1. The quantitative estimate of drug-likeness (QED) is 0.620. The van der Waals surface area contributed by atoms with Gasteiger partial charge in [-0.3, -0.25) is 4.79 Å². The van der Waals surface area contributed by atoms with Crippen molar-refractivity contribution in [2.75, 3.05) is 11.6 Å². The second-order valence-electron chi connectivity index (χ2n) is 4.44. The van der Waals surface area contributed by atoms with Crippen LogP contribution in [0, 0.1) is 5.82 Å². The van der Waals surface area contributed by atoms with Gasteiger partial charge in [0.25, 0.3) is 5.91 Å². The first-order valence-electron chi connectivity index (χ1n) is 6.28. The number of aromatic nitrogens is 1. The molecule has 1 heterocycles. The molecule has 3 aromatic rings. The molecular weight excluding hydrogens is 387 g/mol. The number of hydrogen-bond acceptors (Lipinski definition) is 4. The Bertz CT molecular complexity index is 866. The molecule has 1 amide bonds. The van der Waals surface area contributed by atoms with E-state index in [9.17, 15) is 9.18 Å². The highest BCUT2D eigenvalue weighted by molar-refractivity contribution is 9.10. The van der Waals surface area contributed by atoms with Crippen LogP contribution in [0.4, 0.5) is 10.1 Å². The second-order valence-corrected chi connectivity index (χ2v) is 7.38. The van der Waals surface area contributed by atoms with Crippen molar-refractivity contribution in [2.24, 2.45) is 0 Å². The van der Waals surface area contributed by atoms with Gasteiger partial charge in [0.1, 0.15) is 5.82 Å².